The first-order valence-electron chi connectivity index (χ1n) is 8.39. The average molecular weight is 352 g/mol. The number of amides is 2. The summed E-state index contributed by atoms with van der Waals surface area (Å²) < 4.78 is 19.2. The van der Waals surface area contributed by atoms with E-state index in [2.05, 4.69) is 10.6 Å². The minimum absolute atomic E-state index is 0.0251. The van der Waals surface area contributed by atoms with Crippen LogP contribution in [0.25, 0.3) is 11.0 Å². The van der Waals surface area contributed by atoms with Gasteiger partial charge < -0.3 is 15.1 Å². The predicted molar refractivity (Wildman–Crippen MR) is 95.2 cm³/mol. The fourth-order valence-corrected chi connectivity index (χ4v) is 3.27. The van der Waals surface area contributed by atoms with Crippen molar-refractivity contribution in [3.8, 4) is 0 Å². The zero-order valence-corrected chi connectivity index (χ0v) is 14.1. The van der Waals surface area contributed by atoms with Gasteiger partial charge in [0.2, 0.25) is 11.8 Å². The SMILES string of the molecule is C[C@@H](NC(=O)[C@H]1CC(=O)Nc2cc(F)ccc21)c1cc2ccccc2o1. The Kier molecular flexibility index (Phi) is 3.95. The number of furan rings is 1. The van der Waals surface area contributed by atoms with Crippen LogP contribution in [-0.4, -0.2) is 11.8 Å². The number of anilines is 1. The molecule has 0 fully saturated rings. The number of carbonyl (C=O) groups is 2. The van der Waals surface area contributed by atoms with Crippen LogP contribution < -0.4 is 10.6 Å². The zero-order chi connectivity index (χ0) is 18.3. The number of hydrogen-bond acceptors (Lipinski definition) is 3. The van der Waals surface area contributed by atoms with Crippen LogP contribution in [0.3, 0.4) is 0 Å². The topological polar surface area (TPSA) is 71.3 Å². The van der Waals surface area contributed by atoms with Crippen molar-refractivity contribution in [1.29, 1.82) is 0 Å². The van der Waals surface area contributed by atoms with Crippen LogP contribution in [0, 0.1) is 5.82 Å². The highest BCUT2D eigenvalue weighted by Gasteiger charge is 2.32. The van der Waals surface area contributed by atoms with E-state index in [0.29, 0.717) is 17.0 Å². The summed E-state index contributed by atoms with van der Waals surface area (Å²) in [6, 6.07) is 13.2. The van der Waals surface area contributed by atoms with Gasteiger partial charge in [-0.1, -0.05) is 24.3 Å². The Balaban J connectivity index is 1.57. The summed E-state index contributed by atoms with van der Waals surface area (Å²) in [7, 11) is 0. The zero-order valence-electron chi connectivity index (χ0n) is 14.1. The molecule has 0 spiro atoms. The molecule has 5 nitrogen and oxygen atoms in total. The van der Waals surface area contributed by atoms with Crippen molar-refractivity contribution in [2.45, 2.75) is 25.3 Å². The standard InChI is InChI=1S/C20H17FN2O3/c1-11(18-8-12-4-2-3-5-17(12)26-18)22-20(25)15-10-19(24)23-16-9-13(21)6-7-14(15)16/h2-9,11,15H,10H2,1H3,(H,22,25)(H,23,24)/t11-,15+/m1/s1. The lowest BCUT2D eigenvalue weighted by Crippen LogP contribution is -2.36. The second-order valence-electron chi connectivity index (χ2n) is 6.45. The molecule has 2 aromatic carbocycles. The Hall–Kier alpha value is -3.15. The van der Waals surface area contributed by atoms with E-state index in [1.807, 2.05) is 37.3 Å². The largest absolute Gasteiger partial charge is 0.459 e. The highest BCUT2D eigenvalue weighted by Crippen LogP contribution is 2.33. The molecule has 0 aliphatic carbocycles. The smallest absolute Gasteiger partial charge is 0.228 e. The van der Waals surface area contributed by atoms with Crippen molar-refractivity contribution in [2.75, 3.05) is 5.32 Å². The Morgan fingerprint density at radius 3 is 2.88 bits per heavy atom. The Morgan fingerprint density at radius 1 is 1.27 bits per heavy atom. The molecule has 1 aromatic heterocycles. The summed E-state index contributed by atoms with van der Waals surface area (Å²) in [5.74, 6) is -1.08. The summed E-state index contributed by atoms with van der Waals surface area (Å²) >= 11 is 0. The third kappa shape index (κ3) is 2.94. The summed E-state index contributed by atoms with van der Waals surface area (Å²) in [5, 5.41) is 6.47. The second-order valence-corrected chi connectivity index (χ2v) is 6.45. The van der Waals surface area contributed by atoms with Crippen LogP contribution in [0.5, 0.6) is 0 Å². The Labute approximate surface area is 149 Å². The number of rotatable bonds is 3. The van der Waals surface area contributed by atoms with Gasteiger partial charge in [0.15, 0.2) is 0 Å². The molecule has 2 atom stereocenters. The number of fused-ring (bicyclic) bond motifs is 2. The minimum Gasteiger partial charge on any atom is -0.459 e. The van der Waals surface area contributed by atoms with E-state index in [1.54, 1.807) is 6.07 Å². The molecule has 0 unspecified atom stereocenters. The quantitative estimate of drug-likeness (QED) is 0.751. The number of benzene rings is 2. The van der Waals surface area contributed by atoms with Crippen LogP contribution in [-0.2, 0) is 9.59 Å². The van der Waals surface area contributed by atoms with E-state index < -0.39 is 11.7 Å². The Bertz CT molecular complexity index is 978. The summed E-state index contributed by atoms with van der Waals surface area (Å²) in [6.07, 6.45) is 0.0251. The van der Waals surface area contributed by atoms with Crippen LogP contribution in [0.15, 0.2) is 52.9 Å². The Morgan fingerprint density at radius 2 is 2.08 bits per heavy atom. The normalized spacial score (nSPS) is 17.5. The molecular weight excluding hydrogens is 335 g/mol. The molecule has 0 saturated heterocycles. The molecule has 1 aliphatic heterocycles. The van der Waals surface area contributed by atoms with Crippen molar-refractivity contribution in [3.63, 3.8) is 0 Å². The van der Waals surface area contributed by atoms with E-state index >= 15 is 0 Å². The number of carbonyl (C=O) groups excluding carboxylic acids is 2. The van der Waals surface area contributed by atoms with Crippen LogP contribution >= 0.6 is 0 Å². The molecule has 0 bridgehead atoms. The molecule has 3 aromatic rings. The maximum Gasteiger partial charge on any atom is 0.228 e. The van der Waals surface area contributed by atoms with Crippen LogP contribution in [0.1, 0.15) is 36.6 Å². The number of para-hydroxylation sites is 1. The van der Waals surface area contributed by atoms with Crippen LogP contribution in [0.2, 0.25) is 0 Å². The molecule has 2 heterocycles. The molecule has 0 radical (unpaired) electrons. The summed E-state index contributed by atoms with van der Waals surface area (Å²) in [4.78, 5) is 24.7. The lowest BCUT2D eigenvalue weighted by atomic mass is 9.89. The van der Waals surface area contributed by atoms with Gasteiger partial charge in [-0.3, -0.25) is 9.59 Å². The lowest BCUT2D eigenvalue weighted by molar-refractivity contribution is -0.126. The first-order valence-corrected chi connectivity index (χ1v) is 8.39. The summed E-state index contributed by atoms with van der Waals surface area (Å²) in [6.45, 7) is 1.82. The maximum atomic E-state index is 13.4. The monoisotopic (exact) mass is 352 g/mol. The van der Waals surface area contributed by atoms with Gasteiger partial charge in [0.25, 0.3) is 0 Å². The van der Waals surface area contributed by atoms with Gasteiger partial charge in [0.1, 0.15) is 17.2 Å². The van der Waals surface area contributed by atoms with Crippen molar-refractivity contribution < 1.29 is 18.4 Å². The van der Waals surface area contributed by atoms with Gasteiger partial charge in [-0.25, -0.2) is 4.39 Å². The third-order valence-corrected chi connectivity index (χ3v) is 4.60. The number of hydrogen-bond donors (Lipinski definition) is 2. The molecule has 2 N–H and O–H groups in total. The van der Waals surface area contributed by atoms with Gasteiger partial charge >= 0.3 is 0 Å². The van der Waals surface area contributed by atoms with Gasteiger partial charge in [0.05, 0.1) is 12.0 Å². The highest BCUT2D eigenvalue weighted by molar-refractivity contribution is 6.01. The van der Waals surface area contributed by atoms with Gasteiger partial charge in [-0.2, -0.15) is 0 Å². The fourth-order valence-electron chi connectivity index (χ4n) is 3.27. The van der Waals surface area contributed by atoms with E-state index in [0.717, 1.165) is 11.0 Å². The fraction of sp³-hybridized carbons (Fsp3) is 0.200. The first kappa shape index (κ1) is 16.3. The van der Waals surface area contributed by atoms with E-state index in [4.69, 9.17) is 4.42 Å². The molecule has 2 amide bonds. The summed E-state index contributed by atoms with van der Waals surface area (Å²) in [5.41, 5.74) is 1.71. The van der Waals surface area contributed by atoms with Crippen molar-refractivity contribution in [2.24, 2.45) is 0 Å². The van der Waals surface area contributed by atoms with E-state index in [1.165, 1.54) is 12.1 Å². The van der Waals surface area contributed by atoms with Gasteiger partial charge in [-0.05, 0) is 36.8 Å². The predicted octanol–water partition coefficient (Wildman–Crippen LogP) is 3.88. The van der Waals surface area contributed by atoms with Crippen molar-refractivity contribution >= 4 is 28.5 Å². The first-order chi connectivity index (χ1) is 12.5. The molecule has 132 valence electrons. The highest BCUT2D eigenvalue weighted by atomic mass is 19.1. The van der Waals surface area contributed by atoms with Gasteiger partial charge in [0, 0.05) is 17.5 Å². The second kappa shape index (κ2) is 6.29. The van der Waals surface area contributed by atoms with Crippen LogP contribution in [0.4, 0.5) is 10.1 Å². The molecule has 1 aliphatic rings. The number of halogens is 1. The molecule has 0 saturated carbocycles. The molecular formula is C20H17FN2O3. The van der Waals surface area contributed by atoms with Crippen molar-refractivity contribution in [3.05, 3.63) is 65.7 Å². The third-order valence-electron chi connectivity index (χ3n) is 4.60. The van der Waals surface area contributed by atoms with E-state index in [9.17, 15) is 14.0 Å². The average Bonchev–Trinajstić information content (AvgIpc) is 3.04. The lowest BCUT2D eigenvalue weighted by Gasteiger charge is -2.26. The maximum absolute atomic E-state index is 13.4. The molecule has 26 heavy (non-hydrogen) atoms. The molecule has 6 heteroatoms. The molecule has 4 rings (SSSR count). The van der Waals surface area contributed by atoms with Gasteiger partial charge in [-0.15, -0.1) is 0 Å². The van der Waals surface area contributed by atoms with E-state index in [-0.39, 0.29) is 24.3 Å². The minimum atomic E-state index is -0.661. The van der Waals surface area contributed by atoms with Crippen molar-refractivity contribution in [1.82, 2.24) is 5.32 Å². The number of nitrogens with one attached hydrogen (secondary N) is 2.